The molecule has 0 bridgehead atoms. The van der Waals surface area contributed by atoms with Gasteiger partial charge in [-0.1, -0.05) is 6.58 Å². The fraction of sp³-hybridized carbons (Fsp3) is 0.333. The Hall–Kier alpha value is -3.23. The van der Waals surface area contributed by atoms with Crippen molar-refractivity contribution < 1.29 is 18.7 Å². The third-order valence-corrected chi connectivity index (χ3v) is 4.06. The van der Waals surface area contributed by atoms with Gasteiger partial charge in [-0.2, -0.15) is 9.37 Å². The van der Waals surface area contributed by atoms with E-state index in [0.29, 0.717) is 31.1 Å². The van der Waals surface area contributed by atoms with Gasteiger partial charge in [0.15, 0.2) is 0 Å². The Kier molecular flexibility index (Phi) is 5.80. The molecule has 1 amide bonds. The zero-order chi connectivity index (χ0) is 19.2. The van der Waals surface area contributed by atoms with Gasteiger partial charge in [-0.3, -0.25) is 4.79 Å². The quantitative estimate of drug-likeness (QED) is 0.777. The highest BCUT2D eigenvalue weighted by molar-refractivity contribution is 5.87. The molecule has 0 spiro atoms. The first-order chi connectivity index (χ1) is 13.1. The first-order valence-corrected chi connectivity index (χ1v) is 8.46. The predicted octanol–water partition coefficient (Wildman–Crippen LogP) is 2.32. The summed E-state index contributed by atoms with van der Waals surface area (Å²) in [7, 11) is 1.52. The van der Waals surface area contributed by atoms with Crippen LogP contribution in [-0.4, -0.2) is 52.1 Å². The van der Waals surface area contributed by atoms with E-state index in [1.165, 1.54) is 13.2 Å². The highest BCUT2D eigenvalue weighted by atomic mass is 19.1. The molecule has 0 unspecified atom stereocenters. The van der Waals surface area contributed by atoms with Gasteiger partial charge in [0.05, 0.1) is 31.7 Å². The van der Waals surface area contributed by atoms with Gasteiger partial charge >= 0.3 is 0 Å². The number of aromatic nitrogens is 3. The van der Waals surface area contributed by atoms with Crippen molar-refractivity contribution in [3.8, 4) is 11.8 Å². The van der Waals surface area contributed by atoms with E-state index in [1.807, 2.05) is 0 Å². The number of pyridine rings is 1. The Morgan fingerprint density at radius 2 is 2.26 bits per heavy atom. The zero-order valence-corrected chi connectivity index (χ0v) is 14.9. The van der Waals surface area contributed by atoms with Crippen LogP contribution in [-0.2, 0) is 4.79 Å². The van der Waals surface area contributed by atoms with Gasteiger partial charge in [0, 0.05) is 12.6 Å². The van der Waals surface area contributed by atoms with Gasteiger partial charge in [0.2, 0.25) is 23.6 Å². The number of rotatable bonds is 6. The molecule has 0 radical (unpaired) electrons. The molecule has 8 nitrogen and oxygen atoms in total. The first kappa shape index (κ1) is 18.6. The number of hydrogen-bond donors (Lipinski definition) is 1. The topological polar surface area (TPSA) is 89.5 Å². The van der Waals surface area contributed by atoms with E-state index in [0.717, 1.165) is 12.6 Å². The largest absolute Gasteiger partial charge is 0.481 e. The summed E-state index contributed by atoms with van der Waals surface area (Å²) in [5.74, 6) is -0.345. The molecule has 1 atom stereocenters. The van der Waals surface area contributed by atoms with Crippen molar-refractivity contribution in [3.05, 3.63) is 43.0 Å². The molecule has 1 aliphatic heterocycles. The number of ether oxygens (including phenoxy) is 2. The summed E-state index contributed by atoms with van der Waals surface area (Å²) in [6.45, 7) is 4.48. The molecule has 0 aromatic carbocycles. The minimum atomic E-state index is -0.666. The van der Waals surface area contributed by atoms with E-state index in [2.05, 4.69) is 26.8 Å². The Balaban J connectivity index is 1.69. The van der Waals surface area contributed by atoms with E-state index in [1.54, 1.807) is 23.2 Å². The molecule has 9 heteroatoms. The molecular weight excluding hydrogens is 353 g/mol. The van der Waals surface area contributed by atoms with Gasteiger partial charge in [-0.15, -0.1) is 0 Å². The number of methoxy groups -OCH3 is 1. The summed E-state index contributed by atoms with van der Waals surface area (Å²) in [4.78, 5) is 25.5. The molecule has 1 saturated heterocycles. The predicted molar refractivity (Wildman–Crippen MR) is 96.5 cm³/mol. The fourth-order valence-corrected chi connectivity index (χ4v) is 2.72. The smallest absolute Gasteiger partial charge is 0.255 e. The molecular formula is C18H20FN5O3. The van der Waals surface area contributed by atoms with E-state index < -0.39 is 5.82 Å². The lowest BCUT2D eigenvalue weighted by Crippen LogP contribution is -2.43. The molecule has 27 heavy (non-hydrogen) atoms. The molecule has 2 aromatic rings. The maximum atomic E-state index is 14.1. The number of carbonyl (C=O) groups is 1. The van der Waals surface area contributed by atoms with Crippen molar-refractivity contribution in [2.45, 2.75) is 18.9 Å². The second-order valence-corrected chi connectivity index (χ2v) is 5.93. The monoisotopic (exact) mass is 373 g/mol. The molecule has 1 aliphatic rings. The second-order valence-electron chi connectivity index (χ2n) is 5.93. The lowest BCUT2D eigenvalue weighted by atomic mass is 10.1. The normalized spacial score (nSPS) is 16.5. The third-order valence-electron chi connectivity index (χ3n) is 4.06. The number of anilines is 2. The number of amides is 1. The summed E-state index contributed by atoms with van der Waals surface area (Å²) < 4.78 is 24.8. The standard InChI is InChI=1S/C18H20FN5O3/c1-3-16(25)24-8-4-5-13(11-24)27-17-14(19)10-21-18(23-17)22-12-6-7-15(26-2)20-9-12/h3,6-7,9-10,13H,1,4-5,8,11H2,2H3,(H,21,22,23)/t13-/m0/s1. The van der Waals surface area contributed by atoms with Crippen LogP contribution in [0.3, 0.4) is 0 Å². The van der Waals surface area contributed by atoms with Crippen LogP contribution in [0.15, 0.2) is 37.2 Å². The molecule has 3 heterocycles. The maximum absolute atomic E-state index is 14.1. The molecule has 0 saturated carbocycles. The van der Waals surface area contributed by atoms with E-state index in [4.69, 9.17) is 9.47 Å². The van der Waals surface area contributed by atoms with Crippen LogP contribution in [0.2, 0.25) is 0 Å². The van der Waals surface area contributed by atoms with Gasteiger partial charge in [0.25, 0.3) is 5.88 Å². The molecule has 0 aliphatic carbocycles. The molecule has 142 valence electrons. The Morgan fingerprint density at radius 3 is 2.96 bits per heavy atom. The Morgan fingerprint density at radius 1 is 1.41 bits per heavy atom. The van der Waals surface area contributed by atoms with E-state index >= 15 is 0 Å². The van der Waals surface area contributed by atoms with E-state index in [-0.39, 0.29) is 23.8 Å². The van der Waals surface area contributed by atoms with Crippen molar-refractivity contribution in [1.82, 2.24) is 19.9 Å². The summed E-state index contributed by atoms with van der Waals surface area (Å²) in [6, 6.07) is 3.41. The van der Waals surface area contributed by atoms with Crippen LogP contribution in [0.25, 0.3) is 0 Å². The highest BCUT2D eigenvalue weighted by Gasteiger charge is 2.25. The highest BCUT2D eigenvalue weighted by Crippen LogP contribution is 2.22. The van der Waals surface area contributed by atoms with Gasteiger partial charge in [-0.05, 0) is 25.0 Å². The number of halogens is 1. The van der Waals surface area contributed by atoms with Crippen molar-refractivity contribution in [3.63, 3.8) is 0 Å². The number of carbonyl (C=O) groups excluding carboxylic acids is 1. The van der Waals surface area contributed by atoms with Crippen LogP contribution in [0.5, 0.6) is 11.8 Å². The Labute approximate surface area is 156 Å². The average Bonchev–Trinajstić information content (AvgIpc) is 2.70. The van der Waals surface area contributed by atoms with Crippen LogP contribution in [0.1, 0.15) is 12.8 Å². The first-order valence-electron chi connectivity index (χ1n) is 8.46. The number of piperidine rings is 1. The lowest BCUT2D eigenvalue weighted by molar-refractivity contribution is -0.128. The van der Waals surface area contributed by atoms with Crippen LogP contribution < -0.4 is 14.8 Å². The average molecular weight is 373 g/mol. The number of likely N-dealkylation sites (tertiary alicyclic amines) is 1. The Bertz CT molecular complexity index is 815. The van der Waals surface area contributed by atoms with Crippen molar-refractivity contribution in [2.24, 2.45) is 0 Å². The number of hydrogen-bond acceptors (Lipinski definition) is 7. The van der Waals surface area contributed by atoms with Gasteiger partial charge in [-0.25, -0.2) is 9.97 Å². The second kappa shape index (κ2) is 8.43. The molecule has 1 fully saturated rings. The fourth-order valence-electron chi connectivity index (χ4n) is 2.72. The van der Waals surface area contributed by atoms with Crippen LogP contribution in [0, 0.1) is 5.82 Å². The summed E-state index contributed by atoms with van der Waals surface area (Å²) in [5, 5.41) is 2.93. The van der Waals surface area contributed by atoms with Crippen molar-refractivity contribution in [2.75, 3.05) is 25.5 Å². The molecule has 2 aromatic heterocycles. The van der Waals surface area contributed by atoms with E-state index in [9.17, 15) is 9.18 Å². The minimum Gasteiger partial charge on any atom is -0.481 e. The van der Waals surface area contributed by atoms with Crippen molar-refractivity contribution >= 4 is 17.5 Å². The molecule has 3 rings (SSSR count). The van der Waals surface area contributed by atoms with Crippen LogP contribution >= 0.6 is 0 Å². The third kappa shape index (κ3) is 4.69. The lowest BCUT2D eigenvalue weighted by Gasteiger charge is -2.31. The summed E-state index contributed by atoms with van der Waals surface area (Å²) in [5.41, 5.74) is 0.619. The van der Waals surface area contributed by atoms with Gasteiger partial charge < -0.3 is 19.7 Å². The van der Waals surface area contributed by atoms with Gasteiger partial charge in [0.1, 0.15) is 6.10 Å². The SMILES string of the molecule is C=CC(=O)N1CCC[C@H](Oc2nc(Nc3ccc(OC)nc3)ncc2F)C1. The number of nitrogens with one attached hydrogen (secondary N) is 1. The van der Waals surface area contributed by atoms with Crippen LogP contribution in [0.4, 0.5) is 16.0 Å². The van der Waals surface area contributed by atoms with Crippen molar-refractivity contribution in [1.29, 1.82) is 0 Å². The number of nitrogens with zero attached hydrogens (tertiary/aromatic N) is 4. The summed E-state index contributed by atoms with van der Waals surface area (Å²) >= 11 is 0. The zero-order valence-electron chi connectivity index (χ0n) is 14.9. The summed E-state index contributed by atoms with van der Waals surface area (Å²) in [6.07, 6.45) is 4.97. The maximum Gasteiger partial charge on any atom is 0.255 e. The molecule has 1 N–H and O–H groups in total. The minimum absolute atomic E-state index is 0.160.